The van der Waals surface area contributed by atoms with Crippen molar-refractivity contribution in [2.75, 3.05) is 25.5 Å². The molecule has 5 nitrogen and oxygen atoms in total. The Bertz CT molecular complexity index is 788. The van der Waals surface area contributed by atoms with Gasteiger partial charge in [-0.15, -0.1) is 0 Å². The molecule has 1 atom stereocenters. The Hall–Kier alpha value is -2.40. The summed E-state index contributed by atoms with van der Waals surface area (Å²) in [6.07, 6.45) is 0. The number of aryl methyl sites for hydroxylation is 2. The predicted octanol–water partition coefficient (Wildman–Crippen LogP) is 2.33. The van der Waals surface area contributed by atoms with Gasteiger partial charge in [-0.1, -0.05) is 17.7 Å². The Morgan fingerprint density at radius 3 is 2.23 bits per heavy atom. The maximum Gasteiger partial charge on any atom is 0.279 e. The van der Waals surface area contributed by atoms with E-state index in [9.17, 15) is 9.59 Å². The van der Waals surface area contributed by atoms with Crippen LogP contribution in [0.5, 0.6) is 0 Å². The summed E-state index contributed by atoms with van der Waals surface area (Å²) in [4.78, 5) is 25.7. The molecule has 5 heteroatoms. The Kier molecular flexibility index (Phi) is 6.37. The first-order valence-corrected chi connectivity index (χ1v) is 9.08. The Morgan fingerprint density at radius 1 is 1.08 bits per heavy atom. The topological polar surface area (TPSA) is 55.5 Å². The van der Waals surface area contributed by atoms with Crippen molar-refractivity contribution in [2.45, 2.75) is 40.7 Å². The molecular weight excluding hydrogens is 326 g/mol. The van der Waals surface area contributed by atoms with Crippen molar-refractivity contribution in [1.82, 2.24) is 4.57 Å². The molecule has 0 saturated carbocycles. The summed E-state index contributed by atoms with van der Waals surface area (Å²) in [5.74, 6) is -0.0163. The lowest BCUT2D eigenvalue weighted by molar-refractivity contribution is -0.861. The molecule has 2 N–H and O–H groups in total. The number of quaternary nitrogens is 1. The summed E-state index contributed by atoms with van der Waals surface area (Å²) < 4.78 is 2.17. The molecular formula is C21H30N3O2+. The first-order valence-electron chi connectivity index (χ1n) is 9.08. The normalized spacial score (nSPS) is 12.3. The number of benzene rings is 1. The number of carbonyl (C=O) groups is 2. The number of likely N-dealkylation sites (N-methyl/N-ethyl adjacent to an activating group) is 1. The SMILES string of the molecule is Cc1ccc(NC(=O)C[NH+](C)CC(=O)c2cc(C)n(C(C)C)c2C)cc1. The molecule has 1 aromatic heterocycles. The van der Waals surface area contributed by atoms with Crippen molar-refractivity contribution in [1.29, 1.82) is 0 Å². The number of hydrogen-bond acceptors (Lipinski definition) is 2. The Morgan fingerprint density at radius 2 is 1.69 bits per heavy atom. The van der Waals surface area contributed by atoms with Crippen molar-refractivity contribution in [2.24, 2.45) is 0 Å². The van der Waals surface area contributed by atoms with Gasteiger partial charge in [-0.05, 0) is 52.8 Å². The number of rotatable bonds is 7. The van der Waals surface area contributed by atoms with E-state index in [1.54, 1.807) is 0 Å². The van der Waals surface area contributed by atoms with Gasteiger partial charge in [0.15, 0.2) is 6.54 Å². The second kappa shape index (κ2) is 8.32. The molecule has 2 aromatic rings. The predicted molar refractivity (Wildman–Crippen MR) is 105 cm³/mol. The number of nitrogens with one attached hydrogen (secondary N) is 2. The van der Waals surface area contributed by atoms with Crippen LogP contribution in [0, 0.1) is 20.8 Å². The van der Waals surface area contributed by atoms with Crippen LogP contribution in [0.1, 0.15) is 47.2 Å². The molecule has 0 radical (unpaired) electrons. The fourth-order valence-electron chi connectivity index (χ4n) is 3.40. The zero-order chi connectivity index (χ0) is 19.4. The van der Waals surface area contributed by atoms with Crippen molar-refractivity contribution in [3.8, 4) is 0 Å². The van der Waals surface area contributed by atoms with E-state index in [0.29, 0.717) is 12.6 Å². The number of ketones is 1. The molecule has 0 fully saturated rings. The van der Waals surface area contributed by atoms with E-state index in [-0.39, 0.29) is 18.2 Å². The lowest BCUT2D eigenvalue weighted by atomic mass is 10.1. The minimum Gasteiger partial charge on any atom is -0.346 e. The van der Waals surface area contributed by atoms with E-state index < -0.39 is 0 Å². The fourth-order valence-corrected chi connectivity index (χ4v) is 3.40. The summed E-state index contributed by atoms with van der Waals surface area (Å²) in [5.41, 5.74) is 4.78. The van der Waals surface area contributed by atoms with Crippen LogP contribution in [0.2, 0.25) is 0 Å². The molecule has 2 rings (SSSR count). The molecule has 1 heterocycles. The number of Topliss-reactive ketones (excluding diaryl/α,β-unsaturated/α-hetero) is 1. The van der Waals surface area contributed by atoms with E-state index >= 15 is 0 Å². The molecule has 0 bridgehead atoms. The highest BCUT2D eigenvalue weighted by atomic mass is 16.2. The minimum atomic E-state index is -0.0909. The molecule has 1 amide bonds. The maximum atomic E-state index is 12.7. The standard InChI is InChI=1S/C21H29N3O2/c1-14(2)24-16(4)11-19(17(24)5)20(25)12-23(6)13-21(26)22-18-9-7-15(3)8-10-18/h7-11,14H,12-13H2,1-6H3,(H,22,26)/p+1. The van der Waals surface area contributed by atoms with Crippen LogP contribution in [-0.4, -0.2) is 36.4 Å². The third kappa shape index (κ3) is 4.82. The molecule has 0 saturated heterocycles. The van der Waals surface area contributed by atoms with Crippen molar-refractivity contribution in [3.63, 3.8) is 0 Å². The van der Waals surface area contributed by atoms with E-state index in [1.807, 2.05) is 58.2 Å². The molecule has 26 heavy (non-hydrogen) atoms. The average molecular weight is 356 g/mol. The number of carbonyl (C=O) groups excluding carboxylic acids is 2. The van der Waals surface area contributed by atoms with Crippen LogP contribution in [0.3, 0.4) is 0 Å². The van der Waals surface area contributed by atoms with E-state index in [2.05, 4.69) is 23.7 Å². The first kappa shape index (κ1) is 19.9. The van der Waals surface area contributed by atoms with Crippen LogP contribution in [0.25, 0.3) is 0 Å². The lowest BCUT2D eigenvalue weighted by Gasteiger charge is -2.15. The third-order valence-corrected chi connectivity index (χ3v) is 4.56. The van der Waals surface area contributed by atoms with Gasteiger partial charge in [0.1, 0.15) is 6.54 Å². The molecule has 0 spiro atoms. The molecule has 1 aromatic carbocycles. The monoisotopic (exact) mass is 356 g/mol. The van der Waals surface area contributed by atoms with Crippen LogP contribution < -0.4 is 10.2 Å². The van der Waals surface area contributed by atoms with Gasteiger partial charge >= 0.3 is 0 Å². The quantitative estimate of drug-likeness (QED) is 0.748. The number of hydrogen-bond donors (Lipinski definition) is 2. The Balaban J connectivity index is 1.95. The minimum absolute atomic E-state index is 0.0747. The fraction of sp³-hybridized carbons (Fsp3) is 0.429. The molecule has 0 aliphatic rings. The number of aromatic nitrogens is 1. The second-order valence-corrected chi connectivity index (χ2v) is 7.40. The van der Waals surface area contributed by atoms with E-state index in [4.69, 9.17) is 0 Å². The van der Waals surface area contributed by atoms with Gasteiger partial charge in [0.2, 0.25) is 5.78 Å². The van der Waals surface area contributed by atoms with Crippen LogP contribution in [0.15, 0.2) is 30.3 Å². The molecule has 140 valence electrons. The van der Waals surface area contributed by atoms with Gasteiger partial charge in [0.25, 0.3) is 5.91 Å². The van der Waals surface area contributed by atoms with Crippen LogP contribution in [0.4, 0.5) is 5.69 Å². The number of amides is 1. The third-order valence-electron chi connectivity index (χ3n) is 4.56. The van der Waals surface area contributed by atoms with Crippen LogP contribution >= 0.6 is 0 Å². The lowest BCUT2D eigenvalue weighted by Crippen LogP contribution is -3.11. The van der Waals surface area contributed by atoms with E-state index in [1.165, 1.54) is 0 Å². The smallest absolute Gasteiger partial charge is 0.279 e. The summed E-state index contributed by atoms with van der Waals surface area (Å²) >= 11 is 0. The van der Waals surface area contributed by atoms with Crippen LogP contribution in [-0.2, 0) is 4.79 Å². The largest absolute Gasteiger partial charge is 0.346 e. The van der Waals surface area contributed by atoms with Gasteiger partial charge in [-0.25, -0.2) is 0 Å². The van der Waals surface area contributed by atoms with Gasteiger partial charge in [-0.3, -0.25) is 9.59 Å². The van der Waals surface area contributed by atoms with Gasteiger partial charge in [0, 0.05) is 28.7 Å². The highest BCUT2D eigenvalue weighted by Crippen LogP contribution is 2.20. The van der Waals surface area contributed by atoms with E-state index in [0.717, 1.165) is 33.1 Å². The summed E-state index contributed by atoms with van der Waals surface area (Å²) in [6.45, 7) is 10.8. The average Bonchev–Trinajstić information content (AvgIpc) is 2.84. The summed E-state index contributed by atoms with van der Waals surface area (Å²) in [6, 6.07) is 9.96. The maximum absolute atomic E-state index is 12.7. The Labute approximate surface area is 156 Å². The summed E-state index contributed by atoms with van der Waals surface area (Å²) in [5, 5.41) is 2.88. The van der Waals surface area contributed by atoms with Crippen molar-refractivity contribution < 1.29 is 14.5 Å². The highest BCUT2D eigenvalue weighted by Gasteiger charge is 2.21. The zero-order valence-electron chi connectivity index (χ0n) is 16.6. The number of nitrogens with zero attached hydrogens (tertiary/aromatic N) is 1. The van der Waals surface area contributed by atoms with Gasteiger partial charge in [-0.2, -0.15) is 0 Å². The van der Waals surface area contributed by atoms with Crippen molar-refractivity contribution >= 4 is 17.4 Å². The molecule has 0 aliphatic carbocycles. The number of anilines is 1. The summed E-state index contributed by atoms with van der Waals surface area (Å²) in [7, 11) is 1.87. The zero-order valence-corrected chi connectivity index (χ0v) is 16.6. The highest BCUT2D eigenvalue weighted by molar-refractivity contribution is 5.98. The first-order chi connectivity index (χ1) is 12.2. The van der Waals surface area contributed by atoms with Gasteiger partial charge in [0.05, 0.1) is 7.05 Å². The van der Waals surface area contributed by atoms with Gasteiger partial charge < -0.3 is 14.8 Å². The molecule has 1 unspecified atom stereocenters. The second-order valence-electron chi connectivity index (χ2n) is 7.40. The molecule has 0 aliphatic heterocycles. The van der Waals surface area contributed by atoms with Crippen molar-refractivity contribution in [3.05, 3.63) is 52.8 Å².